The topological polar surface area (TPSA) is 116 Å². The Balaban J connectivity index is 2.01. The monoisotopic (exact) mass is 611 g/mol. The number of rotatable bonds is 9. The first kappa shape index (κ1) is 32.7. The molecule has 5 atom stereocenters. The fraction of sp³-hybridized carbons (Fsp3) is 0.640. The van der Waals surface area contributed by atoms with Crippen LogP contribution in [-0.4, -0.2) is 93.6 Å². The zero-order chi connectivity index (χ0) is 30.7. The van der Waals surface area contributed by atoms with Crippen LogP contribution in [0.15, 0.2) is 17.3 Å². The fourth-order valence-corrected chi connectivity index (χ4v) is 4.87. The number of amides is 2. The van der Waals surface area contributed by atoms with Crippen molar-refractivity contribution < 1.29 is 45.8 Å². The summed E-state index contributed by atoms with van der Waals surface area (Å²) in [5.41, 5.74) is -2.42. The summed E-state index contributed by atoms with van der Waals surface area (Å²) in [4.78, 5) is 35.0. The molecule has 1 aromatic heterocycles. The molecular formula is C25H31F6N5O4S. The lowest BCUT2D eigenvalue weighted by atomic mass is 10.00. The fourth-order valence-electron chi connectivity index (χ4n) is 4.56. The summed E-state index contributed by atoms with van der Waals surface area (Å²) in [6, 6.07) is -4.49. The molecule has 9 nitrogen and oxygen atoms in total. The predicted octanol–water partition coefficient (Wildman–Crippen LogP) is 3.29. The maximum atomic E-state index is 14.2. The Hall–Kier alpha value is -2.85. The number of pyridine rings is 1. The lowest BCUT2D eigenvalue weighted by Gasteiger charge is -2.27. The lowest BCUT2D eigenvalue weighted by molar-refractivity contribution is -0.143. The number of carbonyl (C=O) groups is 2. The summed E-state index contributed by atoms with van der Waals surface area (Å²) in [6.07, 6.45) is -9.32. The highest BCUT2D eigenvalue weighted by atomic mass is 32.1. The van der Waals surface area contributed by atoms with Crippen LogP contribution in [0.2, 0.25) is 0 Å². The van der Waals surface area contributed by atoms with Crippen LogP contribution in [0.5, 0.6) is 0 Å². The molecule has 1 unspecified atom stereocenters. The Labute approximate surface area is 237 Å². The Morgan fingerprint density at radius 1 is 1.27 bits per heavy atom. The number of ether oxygens (including phenoxy) is 1. The van der Waals surface area contributed by atoms with E-state index in [0.717, 1.165) is 0 Å². The molecule has 2 fully saturated rings. The number of anilines is 1. The van der Waals surface area contributed by atoms with Gasteiger partial charge in [0.05, 0.1) is 41.5 Å². The van der Waals surface area contributed by atoms with Gasteiger partial charge in [-0.15, -0.1) is 0 Å². The first-order valence-corrected chi connectivity index (χ1v) is 13.3. The molecule has 16 heteroatoms. The van der Waals surface area contributed by atoms with Crippen molar-refractivity contribution in [3.8, 4) is 0 Å². The second kappa shape index (κ2) is 13.0. The van der Waals surface area contributed by atoms with Crippen molar-refractivity contribution in [1.29, 1.82) is 0 Å². The number of hydrogen-bond donors (Lipinski definition) is 3. The molecule has 2 aliphatic heterocycles. The molecule has 228 valence electrons. The lowest BCUT2D eigenvalue weighted by Crippen LogP contribution is -2.47. The van der Waals surface area contributed by atoms with Crippen molar-refractivity contribution in [2.75, 3.05) is 25.1 Å². The molecule has 0 radical (unpaired) electrons. The van der Waals surface area contributed by atoms with Gasteiger partial charge in [0.2, 0.25) is 0 Å². The van der Waals surface area contributed by atoms with Crippen LogP contribution in [0.3, 0.4) is 0 Å². The quantitative estimate of drug-likeness (QED) is 0.170. The zero-order valence-electron chi connectivity index (χ0n) is 22.5. The highest BCUT2D eigenvalue weighted by molar-refractivity contribution is 7.81. The summed E-state index contributed by atoms with van der Waals surface area (Å²) < 4.78 is 87.2. The van der Waals surface area contributed by atoms with E-state index in [9.17, 15) is 41.0 Å². The molecule has 3 heterocycles. The van der Waals surface area contributed by atoms with Gasteiger partial charge in [0, 0.05) is 24.3 Å². The van der Waals surface area contributed by atoms with Crippen molar-refractivity contribution in [3.05, 3.63) is 23.4 Å². The standard InChI is InChI=1S/C25H31F6N5O4S/c1-4-18(25(29,30)31)35-19-8-15(24(26,27)28)14(9-32-19)21(41)20(23(39)36-7-5-6-12(36)2)33-13(3)22(38)34-16-10-40-11-17(16)37/h8-9,12,16-18,20,37H,4-7,10-11H2,1-3H3,(H,32,35)(H,34,38)/t12-,16+,17+,18-,20?/m0/s1. The van der Waals surface area contributed by atoms with Gasteiger partial charge in [-0.2, -0.15) is 26.3 Å². The van der Waals surface area contributed by atoms with Crippen LogP contribution in [0.4, 0.5) is 32.2 Å². The predicted molar refractivity (Wildman–Crippen MR) is 141 cm³/mol. The Morgan fingerprint density at radius 2 is 1.95 bits per heavy atom. The molecule has 41 heavy (non-hydrogen) atoms. The molecule has 0 spiro atoms. The minimum Gasteiger partial charge on any atom is -0.388 e. The number of nitrogens with one attached hydrogen (secondary N) is 2. The third kappa shape index (κ3) is 7.92. The number of aliphatic hydroxyl groups excluding tert-OH is 1. The molecule has 3 N–H and O–H groups in total. The SMILES string of the molecule is CC[C@H](Nc1cc(C(F)(F)F)c(C(=S)C(N=C(C)C(=O)N[C@@H]2COC[C@H]2O)C(=O)N2CCC[C@@H]2C)cn1)C(F)(F)F. The van der Waals surface area contributed by atoms with Crippen molar-refractivity contribution in [2.24, 2.45) is 4.99 Å². The van der Waals surface area contributed by atoms with E-state index in [1.165, 1.54) is 18.7 Å². The number of alkyl halides is 6. The average Bonchev–Trinajstić information content (AvgIpc) is 3.50. The Kier molecular flexibility index (Phi) is 10.3. The van der Waals surface area contributed by atoms with Gasteiger partial charge in [-0.05, 0) is 39.2 Å². The summed E-state index contributed by atoms with van der Waals surface area (Å²) in [5, 5.41) is 14.4. The Morgan fingerprint density at radius 3 is 2.46 bits per heavy atom. The van der Waals surface area contributed by atoms with Crippen molar-refractivity contribution in [1.82, 2.24) is 15.2 Å². The molecule has 0 aromatic carbocycles. The van der Waals surface area contributed by atoms with Gasteiger partial charge >= 0.3 is 12.4 Å². The minimum absolute atomic E-state index is 0.000767. The Bertz CT molecular complexity index is 1180. The highest BCUT2D eigenvalue weighted by Crippen LogP contribution is 2.35. The molecular weight excluding hydrogens is 580 g/mol. The van der Waals surface area contributed by atoms with E-state index < -0.39 is 76.6 Å². The maximum absolute atomic E-state index is 14.2. The summed E-state index contributed by atoms with van der Waals surface area (Å²) in [5.74, 6) is -2.20. The van der Waals surface area contributed by atoms with E-state index in [0.29, 0.717) is 31.6 Å². The van der Waals surface area contributed by atoms with Gasteiger partial charge in [-0.25, -0.2) is 4.98 Å². The largest absolute Gasteiger partial charge is 0.417 e. The molecule has 0 bridgehead atoms. The van der Waals surface area contributed by atoms with Gasteiger partial charge in [0.1, 0.15) is 11.9 Å². The minimum atomic E-state index is -5.08. The van der Waals surface area contributed by atoms with E-state index in [1.807, 2.05) is 5.32 Å². The number of thiocarbonyl (C=S) groups is 1. The zero-order valence-corrected chi connectivity index (χ0v) is 23.3. The second-order valence-electron chi connectivity index (χ2n) is 9.95. The number of hydrogen-bond acceptors (Lipinski definition) is 8. The summed E-state index contributed by atoms with van der Waals surface area (Å²) in [6.45, 7) is 4.54. The summed E-state index contributed by atoms with van der Waals surface area (Å²) in [7, 11) is 0. The molecule has 3 rings (SSSR count). The molecule has 1 aromatic rings. The van der Waals surface area contributed by atoms with Crippen LogP contribution in [0.25, 0.3) is 0 Å². The van der Waals surface area contributed by atoms with Gasteiger partial charge in [-0.3, -0.25) is 14.6 Å². The number of nitrogens with zero attached hydrogens (tertiary/aromatic N) is 3. The van der Waals surface area contributed by atoms with Crippen LogP contribution in [0, 0.1) is 0 Å². The second-order valence-corrected chi connectivity index (χ2v) is 10.4. The van der Waals surface area contributed by atoms with Gasteiger partial charge in [-0.1, -0.05) is 19.1 Å². The third-order valence-electron chi connectivity index (χ3n) is 6.94. The van der Waals surface area contributed by atoms with E-state index in [1.54, 1.807) is 6.92 Å². The smallest absolute Gasteiger partial charge is 0.388 e. The molecule has 2 amide bonds. The normalized spacial score (nSPS) is 23.3. The number of halogens is 6. The van der Waals surface area contributed by atoms with E-state index in [2.05, 4.69) is 15.3 Å². The van der Waals surface area contributed by atoms with Crippen LogP contribution in [0.1, 0.15) is 51.2 Å². The molecule has 0 aliphatic carbocycles. The van der Waals surface area contributed by atoms with Crippen LogP contribution in [-0.2, 0) is 20.5 Å². The molecule has 2 saturated heterocycles. The van der Waals surface area contributed by atoms with Crippen LogP contribution < -0.4 is 10.6 Å². The van der Waals surface area contributed by atoms with E-state index in [-0.39, 0.29) is 25.0 Å². The number of aliphatic imine (C=N–C) groups is 1. The number of likely N-dealkylation sites (tertiary alicyclic amines) is 1. The van der Waals surface area contributed by atoms with Gasteiger partial charge in [0.25, 0.3) is 11.8 Å². The molecule has 2 aliphatic rings. The molecule has 0 saturated carbocycles. The van der Waals surface area contributed by atoms with Crippen molar-refractivity contribution >= 4 is 40.4 Å². The average molecular weight is 612 g/mol. The van der Waals surface area contributed by atoms with E-state index in [4.69, 9.17) is 17.0 Å². The first-order valence-electron chi connectivity index (χ1n) is 12.9. The van der Waals surface area contributed by atoms with Gasteiger partial charge < -0.3 is 25.4 Å². The maximum Gasteiger partial charge on any atom is 0.417 e. The summed E-state index contributed by atoms with van der Waals surface area (Å²) >= 11 is 5.34. The van der Waals surface area contributed by atoms with Crippen LogP contribution >= 0.6 is 12.2 Å². The van der Waals surface area contributed by atoms with Crippen molar-refractivity contribution in [2.45, 2.75) is 82.7 Å². The van der Waals surface area contributed by atoms with Gasteiger partial charge in [0.15, 0.2) is 6.04 Å². The number of aliphatic hydroxyl groups is 1. The highest BCUT2D eigenvalue weighted by Gasteiger charge is 2.42. The first-order chi connectivity index (χ1) is 19.0. The third-order valence-corrected chi connectivity index (χ3v) is 7.38. The van der Waals surface area contributed by atoms with E-state index >= 15 is 0 Å². The number of aromatic nitrogens is 1. The van der Waals surface area contributed by atoms with Crippen molar-refractivity contribution in [3.63, 3.8) is 0 Å². The number of carbonyl (C=O) groups excluding carboxylic acids is 2.